The third-order valence-electron chi connectivity index (χ3n) is 5.40. The molecule has 182 valence electrons. The summed E-state index contributed by atoms with van der Waals surface area (Å²) in [4.78, 5) is 25.4. The Bertz CT molecular complexity index is 1160. The van der Waals surface area contributed by atoms with Crippen LogP contribution in [0.1, 0.15) is 40.9 Å². The van der Waals surface area contributed by atoms with Crippen molar-refractivity contribution in [2.24, 2.45) is 11.0 Å². The number of hydrazone groups is 1. The van der Waals surface area contributed by atoms with E-state index < -0.39 is 11.9 Å². The molecule has 1 atom stereocenters. The molecular formula is C28H31N3O4. The second kappa shape index (κ2) is 12.4. The fourth-order valence-corrected chi connectivity index (χ4v) is 3.30. The van der Waals surface area contributed by atoms with E-state index in [1.54, 1.807) is 31.4 Å². The number of carbonyl (C=O) groups excluding carboxylic acids is 2. The van der Waals surface area contributed by atoms with Crippen molar-refractivity contribution in [3.8, 4) is 11.5 Å². The molecule has 0 bridgehead atoms. The first-order valence-corrected chi connectivity index (χ1v) is 11.4. The molecule has 0 fully saturated rings. The molecule has 2 N–H and O–H groups in total. The maximum absolute atomic E-state index is 12.8. The summed E-state index contributed by atoms with van der Waals surface area (Å²) in [6.45, 7) is 6.18. The van der Waals surface area contributed by atoms with E-state index in [0.29, 0.717) is 23.7 Å². The number of methoxy groups -OCH3 is 1. The lowest BCUT2D eigenvalue weighted by atomic mass is 10.0. The third kappa shape index (κ3) is 7.43. The topological polar surface area (TPSA) is 89.0 Å². The summed E-state index contributed by atoms with van der Waals surface area (Å²) in [5.74, 6) is 0.408. The molecular weight excluding hydrogens is 442 g/mol. The molecule has 0 aliphatic carbocycles. The summed E-state index contributed by atoms with van der Waals surface area (Å²) in [7, 11) is 1.56. The number of aryl methyl sites for hydroxylation is 1. The van der Waals surface area contributed by atoms with Crippen LogP contribution in [0.25, 0.3) is 0 Å². The van der Waals surface area contributed by atoms with E-state index in [0.717, 1.165) is 11.1 Å². The molecule has 3 aromatic rings. The number of rotatable bonds is 10. The average Bonchev–Trinajstić information content (AvgIpc) is 2.87. The van der Waals surface area contributed by atoms with Crippen LogP contribution < -0.4 is 20.2 Å². The summed E-state index contributed by atoms with van der Waals surface area (Å²) in [6, 6.07) is 21.5. The second-order valence-corrected chi connectivity index (χ2v) is 8.47. The highest BCUT2D eigenvalue weighted by Gasteiger charge is 2.24. The smallest absolute Gasteiger partial charge is 0.262 e. The molecule has 0 aliphatic heterocycles. The Kier molecular flexibility index (Phi) is 9.01. The number of amides is 2. The standard InChI is InChI=1S/C28H31N3O4/c1-19(2)26(30-27(32)22-13-15-24(34-4)16-14-22)28(33)31-29-17-23-7-5-6-8-25(23)35-18-21-11-9-20(3)10-12-21/h5-17,19,26H,18H2,1-4H3,(H,30,32)(H,31,33)/b29-17+. The van der Waals surface area contributed by atoms with Crippen molar-refractivity contribution in [3.63, 3.8) is 0 Å². The number of benzene rings is 3. The molecule has 0 radical (unpaired) electrons. The summed E-state index contributed by atoms with van der Waals surface area (Å²) in [6.07, 6.45) is 1.53. The molecule has 0 heterocycles. The lowest BCUT2D eigenvalue weighted by Gasteiger charge is -2.20. The Morgan fingerprint density at radius 1 is 0.971 bits per heavy atom. The van der Waals surface area contributed by atoms with Crippen molar-refractivity contribution in [1.29, 1.82) is 0 Å². The summed E-state index contributed by atoms with van der Waals surface area (Å²) in [5, 5.41) is 6.88. The van der Waals surface area contributed by atoms with Gasteiger partial charge in [0.25, 0.3) is 11.8 Å². The molecule has 35 heavy (non-hydrogen) atoms. The number of nitrogens with one attached hydrogen (secondary N) is 2. The van der Waals surface area contributed by atoms with Crippen molar-refractivity contribution in [2.45, 2.75) is 33.4 Å². The van der Waals surface area contributed by atoms with Gasteiger partial charge in [-0.1, -0.05) is 55.8 Å². The SMILES string of the molecule is COc1ccc(C(=O)NC(C(=O)N/N=C/c2ccccc2OCc2ccc(C)cc2)C(C)C)cc1. The normalized spacial score (nSPS) is 11.8. The van der Waals surface area contributed by atoms with Gasteiger partial charge in [0, 0.05) is 11.1 Å². The van der Waals surface area contributed by atoms with E-state index in [1.807, 2.05) is 69.3 Å². The summed E-state index contributed by atoms with van der Waals surface area (Å²) in [5.41, 5.74) is 5.95. The predicted octanol–water partition coefficient (Wildman–Crippen LogP) is 4.49. The number of carbonyl (C=O) groups is 2. The van der Waals surface area contributed by atoms with Crippen LogP contribution in [0, 0.1) is 12.8 Å². The van der Waals surface area contributed by atoms with Crippen molar-refractivity contribution in [1.82, 2.24) is 10.7 Å². The molecule has 0 aromatic heterocycles. The van der Waals surface area contributed by atoms with Gasteiger partial charge < -0.3 is 14.8 Å². The Labute approximate surface area is 206 Å². The van der Waals surface area contributed by atoms with Gasteiger partial charge in [-0.05, 0) is 54.8 Å². The van der Waals surface area contributed by atoms with Gasteiger partial charge >= 0.3 is 0 Å². The third-order valence-corrected chi connectivity index (χ3v) is 5.40. The monoisotopic (exact) mass is 473 g/mol. The van der Waals surface area contributed by atoms with Gasteiger partial charge in [0.15, 0.2) is 0 Å². The first-order valence-electron chi connectivity index (χ1n) is 11.4. The molecule has 1 unspecified atom stereocenters. The van der Waals surface area contributed by atoms with Gasteiger partial charge in [-0.25, -0.2) is 5.43 Å². The van der Waals surface area contributed by atoms with E-state index in [9.17, 15) is 9.59 Å². The zero-order chi connectivity index (χ0) is 25.2. The Morgan fingerprint density at radius 3 is 2.31 bits per heavy atom. The lowest BCUT2D eigenvalue weighted by molar-refractivity contribution is -0.123. The quantitative estimate of drug-likeness (QED) is 0.335. The van der Waals surface area contributed by atoms with E-state index in [4.69, 9.17) is 9.47 Å². The van der Waals surface area contributed by atoms with Crippen molar-refractivity contribution in [3.05, 3.63) is 95.1 Å². The van der Waals surface area contributed by atoms with Crippen LogP contribution in [-0.4, -0.2) is 31.2 Å². The van der Waals surface area contributed by atoms with Crippen LogP contribution in [0.15, 0.2) is 77.9 Å². The van der Waals surface area contributed by atoms with E-state index in [-0.39, 0.29) is 11.8 Å². The predicted molar refractivity (Wildman–Crippen MR) is 137 cm³/mol. The molecule has 7 heteroatoms. The average molecular weight is 474 g/mol. The minimum Gasteiger partial charge on any atom is -0.497 e. The number of nitrogens with zero attached hydrogens (tertiary/aromatic N) is 1. The van der Waals surface area contributed by atoms with Crippen LogP contribution in [-0.2, 0) is 11.4 Å². The van der Waals surface area contributed by atoms with Gasteiger partial charge in [0.1, 0.15) is 24.1 Å². The summed E-state index contributed by atoms with van der Waals surface area (Å²) >= 11 is 0. The highest BCUT2D eigenvalue weighted by molar-refractivity contribution is 5.97. The fourth-order valence-electron chi connectivity index (χ4n) is 3.30. The molecule has 0 saturated carbocycles. The minimum atomic E-state index is -0.755. The Morgan fingerprint density at radius 2 is 1.66 bits per heavy atom. The molecule has 3 aromatic carbocycles. The van der Waals surface area contributed by atoms with E-state index in [2.05, 4.69) is 15.8 Å². The van der Waals surface area contributed by atoms with Crippen molar-refractivity contribution in [2.75, 3.05) is 7.11 Å². The first kappa shape index (κ1) is 25.5. The van der Waals surface area contributed by atoms with Crippen LogP contribution in [0.4, 0.5) is 0 Å². The van der Waals surface area contributed by atoms with Crippen molar-refractivity contribution < 1.29 is 19.1 Å². The highest BCUT2D eigenvalue weighted by atomic mass is 16.5. The molecule has 7 nitrogen and oxygen atoms in total. The number of para-hydroxylation sites is 1. The van der Waals surface area contributed by atoms with Crippen molar-refractivity contribution >= 4 is 18.0 Å². The minimum absolute atomic E-state index is 0.141. The van der Waals surface area contributed by atoms with Gasteiger partial charge in [0.2, 0.25) is 0 Å². The Balaban J connectivity index is 1.61. The maximum atomic E-state index is 12.8. The van der Waals surface area contributed by atoms with E-state index in [1.165, 1.54) is 11.8 Å². The lowest BCUT2D eigenvalue weighted by Crippen LogP contribution is -2.48. The van der Waals surface area contributed by atoms with Gasteiger partial charge in [-0.15, -0.1) is 0 Å². The molecule has 3 rings (SSSR count). The van der Waals surface area contributed by atoms with Crippen LogP contribution >= 0.6 is 0 Å². The zero-order valence-electron chi connectivity index (χ0n) is 20.4. The zero-order valence-corrected chi connectivity index (χ0v) is 20.4. The molecule has 0 aliphatic rings. The fraction of sp³-hybridized carbons (Fsp3) is 0.250. The van der Waals surface area contributed by atoms with Crippen LogP contribution in [0.5, 0.6) is 11.5 Å². The number of hydrogen-bond donors (Lipinski definition) is 2. The van der Waals surface area contributed by atoms with Gasteiger partial charge in [-0.3, -0.25) is 9.59 Å². The highest BCUT2D eigenvalue weighted by Crippen LogP contribution is 2.18. The maximum Gasteiger partial charge on any atom is 0.262 e. The summed E-state index contributed by atoms with van der Waals surface area (Å²) < 4.78 is 11.1. The van der Waals surface area contributed by atoms with Crippen LogP contribution in [0.2, 0.25) is 0 Å². The van der Waals surface area contributed by atoms with Gasteiger partial charge in [-0.2, -0.15) is 5.10 Å². The van der Waals surface area contributed by atoms with Crippen LogP contribution in [0.3, 0.4) is 0 Å². The van der Waals surface area contributed by atoms with E-state index >= 15 is 0 Å². The largest absolute Gasteiger partial charge is 0.497 e. The number of ether oxygens (including phenoxy) is 2. The Hall–Kier alpha value is -4.13. The number of hydrogen-bond acceptors (Lipinski definition) is 5. The van der Waals surface area contributed by atoms with Gasteiger partial charge in [0.05, 0.1) is 13.3 Å². The molecule has 2 amide bonds. The molecule has 0 spiro atoms. The molecule has 0 saturated heterocycles. The second-order valence-electron chi connectivity index (χ2n) is 8.47. The first-order chi connectivity index (χ1) is 16.9.